The molecule has 0 saturated carbocycles. The molecular formula is C7H16N. The Bertz CT molecular complexity index is 43.7. The average molecular weight is 114 g/mol. The molecule has 0 amide bonds. The molecule has 0 spiro atoms. The molecular weight excluding hydrogens is 98.1 g/mol. The third kappa shape index (κ3) is 4.13. The molecule has 0 aliphatic rings. The zero-order valence-corrected chi connectivity index (χ0v) is 5.85. The molecule has 0 rings (SSSR count). The van der Waals surface area contributed by atoms with Crippen LogP contribution in [0.5, 0.6) is 0 Å². The summed E-state index contributed by atoms with van der Waals surface area (Å²) in [6, 6.07) is 0.398. The minimum Gasteiger partial charge on any atom is -0.328 e. The van der Waals surface area contributed by atoms with Crippen LogP contribution in [0.3, 0.4) is 0 Å². The Morgan fingerprint density at radius 3 is 2.50 bits per heavy atom. The maximum Gasteiger partial charge on any atom is 0.00389 e. The smallest absolute Gasteiger partial charge is 0.00389 e. The Morgan fingerprint density at radius 1 is 1.50 bits per heavy atom. The average Bonchev–Trinajstić information content (AvgIpc) is 1.83. The van der Waals surface area contributed by atoms with Gasteiger partial charge in [0.1, 0.15) is 0 Å². The monoisotopic (exact) mass is 114 g/mol. The van der Waals surface area contributed by atoms with Gasteiger partial charge in [0.2, 0.25) is 0 Å². The van der Waals surface area contributed by atoms with Gasteiger partial charge in [-0.3, -0.25) is 0 Å². The molecule has 0 aliphatic carbocycles. The first-order chi connectivity index (χ1) is 3.81. The second-order valence-electron chi connectivity index (χ2n) is 2.10. The highest BCUT2D eigenvalue weighted by Crippen LogP contribution is 1.98. The van der Waals surface area contributed by atoms with E-state index in [4.69, 9.17) is 5.73 Å². The number of nitrogens with two attached hydrogens (primary N) is 1. The predicted octanol–water partition coefficient (Wildman–Crippen LogP) is 1.73. The van der Waals surface area contributed by atoms with Crippen molar-refractivity contribution in [1.82, 2.24) is 0 Å². The van der Waals surface area contributed by atoms with Crippen molar-refractivity contribution < 1.29 is 0 Å². The number of unbranched alkanes of at least 4 members (excludes halogenated alkanes) is 1. The molecule has 1 atom stereocenters. The predicted molar refractivity (Wildman–Crippen MR) is 37.5 cm³/mol. The molecule has 2 N–H and O–H groups in total. The van der Waals surface area contributed by atoms with Gasteiger partial charge in [0.05, 0.1) is 0 Å². The van der Waals surface area contributed by atoms with Crippen LogP contribution in [0.25, 0.3) is 0 Å². The van der Waals surface area contributed by atoms with E-state index in [9.17, 15) is 0 Å². The van der Waals surface area contributed by atoms with E-state index in [1.165, 1.54) is 0 Å². The lowest BCUT2D eigenvalue weighted by atomic mass is 10.1. The van der Waals surface area contributed by atoms with Crippen molar-refractivity contribution in [3.05, 3.63) is 6.42 Å². The third-order valence-electron chi connectivity index (χ3n) is 1.28. The van der Waals surface area contributed by atoms with Gasteiger partial charge in [0.15, 0.2) is 0 Å². The van der Waals surface area contributed by atoms with E-state index in [0.717, 1.165) is 19.3 Å². The molecule has 0 bridgehead atoms. The van der Waals surface area contributed by atoms with E-state index in [0.29, 0.717) is 6.04 Å². The highest BCUT2D eigenvalue weighted by atomic mass is 14.6. The van der Waals surface area contributed by atoms with Crippen LogP contribution < -0.4 is 5.73 Å². The molecule has 1 unspecified atom stereocenters. The van der Waals surface area contributed by atoms with E-state index >= 15 is 0 Å². The zero-order valence-electron chi connectivity index (χ0n) is 5.85. The van der Waals surface area contributed by atoms with E-state index < -0.39 is 0 Å². The molecule has 0 heterocycles. The topological polar surface area (TPSA) is 26.0 Å². The summed E-state index contributed by atoms with van der Waals surface area (Å²) >= 11 is 0. The van der Waals surface area contributed by atoms with Gasteiger partial charge < -0.3 is 5.73 Å². The molecule has 0 saturated heterocycles. The summed E-state index contributed by atoms with van der Waals surface area (Å²) in [5.41, 5.74) is 5.63. The summed E-state index contributed by atoms with van der Waals surface area (Å²) in [5.74, 6) is 0. The van der Waals surface area contributed by atoms with Crippen LogP contribution >= 0.6 is 0 Å². The summed E-state index contributed by atoms with van der Waals surface area (Å²) in [7, 11) is 0. The first-order valence-electron chi connectivity index (χ1n) is 3.38. The minimum atomic E-state index is 0.398. The highest BCUT2D eigenvalue weighted by Gasteiger charge is 1.95. The van der Waals surface area contributed by atoms with Crippen LogP contribution in [0.15, 0.2) is 0 Å². The molecule has 0 aliphatic heterocycles. The molecule has 0 aromatic carbocycles. The van der Waals surface area contributed by atoms with Crippen LogP contribution in [0, 0.1) is 6.42 Å². The van der Waals surface area contributed by atoms with Gasteiger partial charge in [-0.25, -0.2) is 0 Å². The quantitative estimate of drug-likeness (QED) is 0.591. The maximum atomic E-state index is 5.63. The summed E-state index contributed by atoms with van der Waals surface area (Å²) in [6.45, 7) is 4.26. The van der Waals surface area contributed by atoms with Crippen molar-refractivity contribution >= 4 is 0 Å². The first kappa shape index (κ1) is 7.96. The van der Waals surface area contributed by atoms with E-state index in [1.54, 1.807) is 0 Å². The van der Waals surface area contributed by atoms with E-state index in [1.807, 2.05) is 0 Å². The van der Waals surface area contributed by atoms with Crippen molar-refractivity contribution in [2.24, 2.45) is 5.73 Å². The lowest BCUT2D eigenvalue weighted by molar-refractivity contribution is 0.629. The SMILES string of the molecule is CC[CH]CC(N)CC. The van der Waals surface area contributed by atoms with E-state index in [-0.39, 0.29) is 0 Å². The fraction of sp³-hybridized carbons (Fsp3) is 0.857. The van der Waals surface area contributed by atoms with Crippen molar-refractivity contribution in [2.75, 3.05) is 0 Å². The fourth-order valence-corrected chi connectivity index (χ4v) is 0.547. The number of hydrogen-bond donors (Lipinski definition) is 1. The van der Waals surface area contributed by atoms with Gasteiger partial charge in [-0.15, -0.1) is 0 Å². The van der Waals surface area contributed by atoms with Crippen molar-refractivity contribution in [2.45, 2.75) is 39.2 Å². The van der Waals surface area contributed by atoms with Crippen LogP contribution in [-0.2, 0) is 0 Å². The summed E-state index contributed by atoms with van der Waals surface area (Å²) < 4.78 is 0. The van der Waals surface area contributed by atoms with Crippen LogP contribution in [-0.4, -0.2) is 6.04 Å². The first-order valence-corrected chi connectivity index (χ1v) is 3.38. The van der Waals surface area contributed by atoms with Crippen molar-refractivity contribution in [3.8, 4) is 0 Å². The van der Waals surface area contributed by atoms with Crippen LogP contribution in [0.2, 0.25) is 0 Å². The second kappa shape index (κ2) is 5.10. The Morgan fingerprint density at radius 2 is 2.12 bits per heavy atom. The molecule has 0 aromatic heterocycles. The lowest BCUT2D eigenvalue weighted by Gasteiger charge is -2.04. The van der Waals surface area contributed by atoms with Crippen molar-refractivity contribution in [3.63, 3.8) is 0 Å². The molecule has 0 fully saturated rings. The standard InChI is InChI=1S/C7H16N/c1-3-5-6-7(8)4-2/h5,7H,3-4,6,8H2,1-2H3. The molecule has 1 nitrogen and oxygen atoms in total. The van der Waals surface area contributed by atoms with E-state index in [2.05, 4.69) is 20.3 Å². The van der Waals surface area contributed by atoms with Crippen molar-refractivity contribution in [1.29, 1.82) is 0 Å². The van der Waals surface area contributed by atoms with Gasteiger partial charge in [-0.2, -0.15) is 0 Å². The number of hydrogen-bond acceptors (Lipinski definition) is 1. The Labute approximate surface area is 52.3 Å². The lowest BCUT2D eigenvalue weighted by Crippen LogP contribution is -2.17. The molecule has 1 radical (unpaired) electrons. The Balaban J connectivity index is 2.86. The van der Waals surface area contributed by atoms with Crippen LogP contribution in [0.4, 0.5) is 0 Å². The molecule has 1 heteroatoms. The largest absolute Gasteiger partial charge is 0.328 e. The van der Waals surface area contributed by atoms with Gasteiger partial charge in [-0.1, -0.05) is 20.3 Å². The fourth-order valence-electron chi connectivity index (χ4n) is 0.547. The molecule has 49 valence electrons. The second-order valence-corrected chi connectivity index (χ2v) is 2.10. The third-order valence-corrected chi connectivity index (χ3v) is 1.28. The normalized spacial score (nSPS) is 13.9. The molecule has 0 aromatic rings. The summed E-state index contributed by atoms with van der Waals surface area (Å²) in [6.07, 6.45) is 5.55. The summed E-state index contributed by atoms with van der Waals surface area (Å²) in [4.78, 5) is 0. The Hall–Kier alpha value is -0.0400. The zero-order chi connectivity index (χ0) is 6.41. The minimum absolute atomic E-state index is 0.398. The Kier molecular flexibility index (Phi) is 5.08. The highest BCUT2D eigenvalue weighted by molar-refractivity contribution is 4.69. The summed E-state index contributed by atoms with van der Waals surface area (Å²) in [5, 5.41) is 0. The van der Waals surface area contributed by atoms with Gasteiger partial charge in [0.25, 0.3) is 0 Å². The van der Waals surface area contributed by atoms with Crippen LogP contribution in [0.1, 0.15) is 33.1 Å². The van der Waals surface area contributed by atoms with Gasteiger partial charge >= 0.3 is 0 Å². The van der Waals surface area contributed by atoms with Gasteiger partial charge in [0, 0.05) is 6.04 Å². The number of rotatable bonds is 4. The van der Waals surface area contributed by atoms with Gasteiger partial charge in [-0.05, 0) is 19.3 Å². The molecule has 8 heavy (non-hydrogen) atoms. The maximum absolute atomic E-state index is 5.63.